The fourth-order valence-corrected chi connectivity index (χ4v) is 4.82. The van der Waals surface area contributed by atoms with E-state index in [1.54, 1.807) is 0 Å². The number of aliphatic hydroxyl groups is 1. The van der Waals surface area contributed by atoms with Crippen LogP contribution in [0.15, 0.2) is 0 Å². The molecule has 4 atom stereocenters. The highest BCUT2D eigenvalue weighted by atomic mass is 16.6. The van der Waals surface area contributed by atoms with Gasteiger partial charge in [-0.05, 0) is 43.1 Å². The lowest BCUT2D eigenvalue weighted by atomic mass is 9.70. The van der Waals surface area contributed by atoms with E-state index in [1.165, 1.54) is 12.8 Å². The first-order valence-electron chi connectivity index (χ1n) is 8.57. The summed E-state index contributed by atoms with van der Waals surface area (Å²) in [4.78, 5) is 4.66. The summed E-state index contributed by atoms with van der Waals surface area (Å²) in [5, 5.41) is 10.4. The second-order valence-electron chi connectivity index (χ2n) is 8.29. The van der Waals surface area contributed by atoms with Crippen LogP contribution in [-0.4, -0.2) is 67.1 Å². The molecule has 1 aliphatic heterocycles. The molecule has 1 N–H and O–H groups in total. The van der Waals surface area contributed by atoms with Crippen molar-refractivity contribution in [3.05, 3.63) is 0 Å². The smallest absolute Gasteiger partial charge is 0.167 e. The Balaban J connectivity index is 1.53. The van der Waals surface area contributed by atoms with Crippen molar-refractivity contribution in [1.29, 1.82) is 0 Å². The molecule has 21 heavy (non-hydrogen) atoms. The molecule has 3 fully saturated rings. The highest BCUT2D eigenvalue weighted by Crippen LogP contribution is 2.66. The van der Waals surface area contributed by atoms with Gasteiger partial charge in [-0.2, -0.15) is 0 Å². The molecule has 0 aromatic heterocycles. The van der Waals surface area contributed by atoms with Gasteiger partial charge in [0.1, 0.15) is 0 Å². The van der Waals surface area contributed by atoms with E-state index in [9.17, 15) is 5.11 Å². The average molecular weight is 296 g/mol. The van der Waals surface area contributed by atoms with E-state index in [4.69, 9.17) is 4.74 Å². The Morgan fingerprint density at radius 2 is 1.86 bits per heavy atom. The van der Waals surface area contributed by atoms with Crippen LogP contribution in [0.5, 0.6) is 0 Å². The van der Waals surface area contributed by atoms with Crippen LogP contribution in [0.3, 0.4) is 0 Å². The van der Waals surface area contributed by atoms with E-state index < -0.39 is 6.29 Å². The number of fused-ring (bicyclic) bond motifs is 2. The molecule has 2 aliphatic carbocycles. The van der Waals surface area contributed by atoms with Crippen molar-refractivity contribution < 1.29 is 9.84 Å². The van der Waals surface area contributed by atoms with E-state index >= 15 is 0 Å². The third-order valence-corrected chi connectivity index (χ3v) is 7.05. The Morgan fingerprint density at radius 3 is 2.38 bits per heavy atom. The Hall–Kier alpha value is -0.160. The quantitative estimate of drug-likeness (QED) is 0.802. The van der Waals surface area contributed by atoms with Crippen molar-refractivity contribution in [2.75, 3.05) is 39.8 Å². The maximum atomic E-state index is 10.4. The van der Waals surface area contributed by atoms with Crippen molar-refractivity contribution >= 4 is 0 Å². The first kappa shape index (κ1) is 15.7. The molecule has 0 aromatic carbocycles. The summed E-state index contributed by atoms with van der Waals surface area (Å²) in [5.74, 6) is 0.767. The van der Waals surface area contributed by atoms with E-state index in [0.29, 0.717) is 12.0 Å². The SMILES string of the molecule is CN1CCN(CC(O)OC2CC3CCC2(C)C3(C)C)CC1. The van der Waals surface area contributed by atoms with E-state index in [2.05, 4.69) is 37.6 Å². The molecule has 1 heterocycles. The maximum absolute atomic E-state index is 10.4. The van der Waals surface area contributed by atoms with E-state index in [-0.39, 0.29) is 11.5 Å². The molecule has 0 amide bonds. The number of piperazine rings is 1. The first-order chi connectivity index (χ1) is 9.83. The van der Waals surface area contributed by atoms with Crippen LogP contribution >= 0.6 is 0 Å². The summed E-state index contributed by atoms with van der Waals surface area (Å²) in [6.07, 6.45) is 3.30. The fraction of sp³-hybridized carbons (Fsp3) is 1.00. The molecule has 3 aliphatic rings. The molecule has 4 nitrogen and oxygen atoms in total. The topological polar surface area (TPSA) is 35.9 Å². The number of hydrogen-bond donors (Lipinski definition) is 1. The molecular formula is C17H32N2O2. The second kappa shape index (κ2) is 5.48. The third kappa shape index (κ3) is 2.65. The number of hydrogen-bond acceptors (Lipinski definition) is 4. The van der Waals surface area contributed by atoms with Crippen LogP contribution in [0.25, 0.3) is 0 Å². The molecule has 2 saturated carbocycles. The van der Waals surface area contributed by atoms with Crippen molar-refractivity contribution in [2.45, 2.75) is 52.4 Å². The van der Waals surface area contributed by atoms with Gasteiger partial charge in [-0.3, -0.25) is 4.90 Å². The summed E-state index contributed by atoms with van der Waals surface area (Å²) in [6.45, 7) is 12.0. The molecule has 3 rings (SSSR count). The van der Waals surface area contributed by atoms with Gasteiger partial charge in [-0.1, -0.05) is 20.8 Å². The number of rotatable bonds is 4. The van der Waals surface area contributed by atoms with E-state index in [1.807, 2.05) is 0 Å². The predicted molar refractivity (Wildman–Crippen MR) is 84.0 cm³/mol. The van der Waals surface area contributed by atoms with Crippen LogP contribution in [0.2, 0.25) is 0 Å². The Morgan fingerprint density at radius 1 is 1.19 bits per heavy atom. The lowest BCUT2D eigenvalue weighted by molar-refractivity contribution is -0.180. The number of aliphatic hydroxyl groups excluding tert-OH is 1. The highest BCUT2D eigenvalue weighted by molar-refractivity contribution is 5.11. The molecule has 122 valence electrons. The molecule has 4 unspecified atom stereocenters. The molecule has 2 bridgehead atoms. The second-order valence-corrected chi connectivity index (χ2v) is 8.29. The van der Waals surface area contributed by atoms with Gasteiger partial charge in [-0.25, -0.2) is 0 Å². The van der Waals surface area contributed by atoms with Crippen molar-refractivity contribution in [1.82, 2.24) is 9.80 Å². The molecule has 0 aromatic rings. The minimum absolute atomic E-state index is 0.230. The molecule has 4 heteroatoms. The average Bonchev–Trinajstić information content (AvgIpc) is 2.74. The number of nitrogens with zero attached hydrogens (tertiary/aromatic N) is 2. The number of β-amino-alcohol motifs (C(OH)–C–C–N with tert-alkyl or cyclic N) is 1. The third-order valence-electron chi connectivity index (χ3n) is 7.05. The summed E-state index contributed by atoms with van der Waals surface area (Å²) in [5.41, 5.74) is 0.589. The zero-order chi connectivity index (χ0) is 15.3. The minimum atomic E-state index is -0.634. The maximum Gasteiger partial charge on any atom is 0.167 e. The standard InChI is InChI=1S/C17H32N2O2/c1-16(2)13-5-6-17(16,3)14(11-13)21-15(20)12-19-9-7-18(4)8-10-19/h13-15,20H,5-12H2,1-4H3. The zero-order valence-corrected chi connectivity index (χ0v) is 14.1. The van der Waals surface area contributed by atoms with E-state index in [0.717, 1.165) is 38.5 Å². The molecule has 1 saturated heterocycles. The predicted octanol–water partition coefficient (Wildman–Crippen LogP) is 1.78. The summed E-state index contributed by atoms with van der Waals surface area (Å²) in [7, 11) is 2.16. The van der Waals surface area contributed by atoms with Crippen LogP contribution in [-0.2, 0) is 4.74 Å². The Labute approximate surface area is 129 Å². The Bertz CT molecular complexity index is 379. The monoisotopic (exact) mass is 296 g/mol. The van der Waals surface area contributed by atoms with Crippen molar-refractivity contribution in [3.8, 4) is 0 Å². The Kier molecular flexibility index (Phi) is 4.11. The number of likely N-dealkylation sites (N-methyl/N-ethyl adjacent to an activating group) is 1. The lowest BCUT2D eigenvalue weighted by Gasteiger charge is -2.40. The van der Waals surface area contributed by atoms with Gasteiger partial charge in [-0.15, -0.1) is 0 Å². The van der Waals surface area contributed by atoms with Gasteiger partial charge in [0, 0.05) is 32.7 Å². The number of ether oxygens (including phenoxy) is 1. The van der Waals surface area contributed by atoms with Crippen LogP contribution in [0, 0.1) is 16.7 Å². The van der Waals surface area contributed by atoms with Gasteiger partial charge in [0.15, 0.2) is 6.29 Å². The van der Waals surface area contributed by atoms with Crippen molar-refractivity contribution in [3.63, 3.8) is 0 Å². The van der Waals surface area contributed by atoms with Gasteiger partial charge in [0.2, 0.25) is 0 Å². The van der Waals surface area contributed by atoms with Gasteiger partial charge in [0.05, 0.1) is 6.10 Å². The lowest BCUT2D eigenvalue weighted by Crippen LogP contribution is -2.48. The normalized spacial score (nSPS) is 41.6. The minimum Gasteiger partial charge on any atom is -0.367 e. The molecule has 0 spiro atoms. The summed E-state index contributed by atoms with van der Waals surface area (Å²) < 4.78 is 6.11. The molecule has 0 radical (unpaired) electrons. The van der Waals surface area contributed by atoms with Gasteiger partial charge >= 0.3 is 0 Å². The van der Waals surface area contributed by atoms with Crippen molar-refractivity contribution in [2.24, 2.45) is 16.7 Å². The van der Waals surface area contributed by atoms with Gasteiger partial charge < -0.3 is 14.7 Å². The summed E-state index contributed by atoms with van der Waals surface area (Å²) in [6, 6.07) is 0. The highest BCUT2D eigenvalue weighted by Gasteiger charge is 2.62. The van der Waals surface area contributed by atoms with Gasteiger partial charge in [0.25, 0.3) is 0 Å². The molecular weight excluding hydrogens is 264 g/mol. The first-order valence-corrected chi connectivity index (χ1v) is 8.57. The fourth-order valence-electron chi connectivity index (χ4n) is 4.82. The van der Waals surface area contributed by atoms with Crippen LogP contribution in [0.4, 0.5) is 0 Å². The largest absolute Gasteiger partial charge is 0.367 e. The van der Waals surface area contributed by atoms with Crippen LogP contribution < -0.4 is 0 Å². The zero-order valence-electron chi connectivity index (χ0n) is 14.1. The summed E-state index contributed by atoms with van der Waals surface area (Å²) >= 11 is 0. The van der Waals surface area contributed by atoms with Crippen LogP contribution in [0.1, 0.15) is 40.0 Å².